The van der Waals surface area contributed by atoms with E-state index in [0.29, 0.717) is 27.6 Å². The molecule has 0 amide bonds. The molecule has 1 aliphatic rings. The SMILES string of the molecule is CC1(C)N=C(CC(=O)c2ccc(C#N)cc2)c2cc(Cl)ccc2O1. The van der Waals surface area contributed by atoms with Crippen molar-refractivity contribution in [1.29, 1.82) is 5.26 Å². The molecule has 0 radical (unpaired) electrons. The molecule has 0 aromatic heterocycles. The number of rotatable bonds is 3. The van der Waals surface area contributed by atoms with Gasteiger partial charge in [0.25, 0.3) is 0 Å². The number of nitriles is 1. The molecule has 0 saturated carbocycles. The maximum atomic E-state index is 12.6. The highest BCUT2D eigenvalue weighted by Gasteiger charge is 2.29. The number of hydrogen-bond acceptors (Lipinski definition) is 4. The van der Waals surface area contributed by atoms with Crippen LogP contribution in [0.4, 0.5) is 0 Å². The third kappa shape index (κ3) is 3.32. The molecule has 0 bridgehead atoms. The summed E-state index contributed by atoms with van der Waals surface area (Å²) in [6, 6.07) is 13.9. The number of halogens is 1. The van der Waals surface area contributed by atoms with E-state index in [1.54, 1.807) is 42.5 Å². The summed E-state index contributed by atoms with van der Waals surface area (Å²) in [6.07, 6.45) is 0.145. The normalized spacial score (nSPS) is 14.8. The molecule has 1 aliphatic heterocycles. The minimum Gasteiger partial charge on any atom is -0.466 e. The van der Waals surface area contributed by atoms with Crippen LogP contribution in [-0.4, -0.2) is 17.2 Å². The first kappa shape index (κ1) is 16.2. The molecule has 2 aromatic rings. The van der Waals surface area contributed by atoms with Crippen LogP contribution in [0.25, 0.3) is 0 Å². The molecule has 3 rings (SSSR count). The summed E-state index contributed by atoms with van der Waals surface area (Å²) in [6.45, 7) is 3.69. The van der Waals surface area contributed by atoms with Gasteiger partial charge in [-0.1, -0.05) is 23.7 Å². The number of benzene rings is 2. The van der Waals surface area contributed by atoms with Crippen LogP contribution < -0.4 is 4.74 Å². The Morgan fingerprint density at radius 3 is 2.62 bits per heavy atom. The largest absolute Gasteiger partial charge is 0.466 e. The maximum absolute atomic E-state index is 12.6. The highest BCUT2D eigenvalue weighted by Crippen LogP contribution is 2.33. The number of ketones is 1. The molecule has 0 unspecified atom stereocenters. The zero-order valence-corrected chi connectivity index (χ0v) is 14.1. The predicted molar refractivity (Wildman–Crippen MR) is 92.8 cm³/mol. The number of carbonyl (C=O) groups excluding carboxylic acids is 1. The second-order valence-electron chi connectivity index (χ2n) is 6.04. The lowest BCUT2D eigenvalue weighted by Gasteiger charge is -2.30. The molecule has 2 aromatic carbocycles. The van der Waals surface area contributed by atoms with Gasteiger partial charge in [0.05, 0.1) is 23.8 Å². The van der Waals surface area contributed by atoms with Gasteiger partial charge in [0.1, 0.15) is 5.75 Å². The summed E-state index contributed by atoms with van der Waals surface area (Å²) < 4.78 is 5.83. The van der Waals surface area contributed by atoms with Crippen molar-refractivity contribution < 1.29 is 9.53 Å². The summed E-state index contributed by atoms with van der Waals surface area (Å²) in [5, 5.41) is 9.41. The first-order valence-corrected chi connectivity index (χ1v) is 7.87. The van der Waals surface area contributed by atoms with E-state index in [0.717, 1.165) is 5.56 Å². The number of Topliss-reactive ketones (excluding diaryl/α,β-unsaturated/α-hetero) is 1. The van der Waals surface area contributed by atoms with Crippen LogP contribution in [0.2, 0.25) is 5.02 Å². The Hall–Kier alpha value is -2.64. The van der Waals surface area contributed by atoms with Gasteiger partial charge >= 0.3 is 0 Å². The zero-order chi connectivity index (χ0) is 17.3. The average Bonchev–Trinajstić information content (AvgIpc) is 2.55. The Balaban J connectivity index is 1.93. The van der Waals surface area contributed by atoms with Crippen LogP contribution in [-0.2, 0) is 0 Å². The van der Waals surface area contributed by atoms with Gasteiger partial charge in [-0.2, -0.15) is 5.26 Å². The van der Waals surface area contributed by atoms with E-state index in [1.165, 1.54) is 0 Å². The number of nitrogens with zero attached hydrogens (tertiary/aromatic N) is 2. The Bertz CT molecular complexity index is 877. The number of hydrogen-bond donors (Lipinski definition) is 0. The lowest BCUT2D eigenvalue weighted by atomic mass is 9.98. The second kappa shape index (κ2) is 6.10. The molecular weight excluding hydrogens is 324 g/mol. The van der Waals surface area contributed by atoms with Gasteiger partial charge in [-0.05, 0) is 44.2 Å². The van der Waals surface area contributed by atoms with Crippen molar-refractivity contribution in [2.24, 2.45) is 4.99 Å². The molecule has 0 fully saturated rings. The molecule has 0 saturated heterocycles. The fourth-order valence-electron chi connectivity index (χ4n) is 2.61. The van der Waals surface area contributed by atoms with E-state index in [9.17, 15) is 4.79 Å². The molecule has 120 valence electrons. The minimum atomic E-state index is -0.735. The van der Waals surface area contributed by atoms with Gasteiger partial charge < -0.3 is 4.74 Å². The Morgan fingerprint density at radius 2 is 1.96 bits per heavy atom. The van der Waals surface area contributed by atoms with Crippen LogP contribution in [0.3, 0.4) is 0 Å². The maximum Gasteiger partial charge on any atom is 0.194 e. The van der Waals surface area contributed by atoms with Gasteiger partial charge in [-0.15, -0.1) is 0 Å². The number of ether oxygens (including phenoxy) is 1. The lowest BCUT2D eigenvalue weighted by molar-refractivity contribution is 0.0994. The van der Waals surface area contributed by atoms with Crippen LogP contribution in [0, 0.1) is 11.3 Å². The summed E-state index contributed by atoms with van der Waals surface area (Å²) in [7, 11) is 0. The number of fused-ring (bicyclic) bond motifs is 1. The quantitative estimate of drug-likeness (QED) is 0.779. The third-order valence-corrected chi connectivity index (χ3v) is 3.92. The van der Waals surface area contributed by atoms with Gasteiger partial charge in [0, 0.05) is 16.1 Å². The van der Waals surface area contributed by atoms with Crippen LogP contribution in [0.5, 0.6) is 5.75 Å². The van der Waals surface area contributed by atoms with Crippen molar-refractivity contribution in [2.45, 2.75) is 26.0 Å². The van der Waals surface area contributed by atoms with Crippen molar-refractivity contribution >= 4 is 23.1 Å². The minimum absolute atomic E-state index is 0.0677. The van der Waals surface area contributed by atoms with E-state index in [-0.39, 0.29) is 12.2 Å². The number of aliphatic imine (C=N–C) groups is 1. The van der Waals surface area contributed by atoms with Crippen LogP contribution in [0.1, 0.15) is 41.8 Å². The van der Waals surface area contributed by atoms with Crippen LogP contribution in [0.15, 0.2) is 47.5 Å². The van der Waals surface area contributed by atoms with E-state index in [4.69, 9.17) is 21.6 Å². The van der Waals surface area contributed by atoms with Crippen molar-refractivity contribution in [3.8, 4) is 11.8 Å². The average molecular weight is 339 g/mol. The summed E-state index contributed by atoms with van der Waals surface area (Å²) in [4.78, 5) is 17.1. The summed E-state index contributed by atoms with van der Waals surface area (Å²) in [5.74, 6) is 0.601. The van der Waals surface area contributed by atoms with E-state index in [1.807, 2.05) is 19.9 Å². The van der Waals surface area contributed by atoms with Gasteiger partial charge in [-0.3, -0.25) is 4.79 Å². The molecule has 0 N–H and O–H groups in total. The highest BCUT2D eigenvalue weighted by atomic mass is 35.5. The molecule has 4 nitrogen and oxygen atoms in total. The molecular formula is C19H15ClN2O2. The third-order valence-electron chi connectivity index (χ3n) is 3.68. The van der Waals surface area contributed by atoms with Crippen molar-refractivity contribution in [3.63, 3.8) is 0 Å². The number of carbonyl (C=O) groups is 1. The first-order chi connectivity index (χ1) is 11.4. The zero-order valence-electron chi connectivity index (χ0n) is 13.3. The molecule has 0 atom stereocenters. The Morgan fingerprint density at radius 1 is 1.25 bits per heavy atom. The molecule has 1 heterocycles. The molecule has 24 heavy (non-hydrogen) atoms. The van der Waals surface area contributed by atoms with Crippen molar-refractivity contribution in [3.05, 3.63) is 64.2 Å². The van der Waals surface area contributed by atoms with Crippen molar-refractivity contribution in [1.82, 2.24) is 0 Å². The molecule has 0 aliphatic carbocycles. The van der Waals surface area contributed by atoms with E-state index < -0.39 is 5.72 Å². The Kier molecular flexibility index (Phi) is 4.13. The summed E-state index contributed by atoms with van der Waals surface area (Å²) >= 11 is 6.07. The fourth-order valence-corrected chi connectivity index (χ4v) is 2.79. The van der Waals surface area contributed by atoms with E-state index in [2.05, 4.69) is 4.99 Å². The topological polar surface area (TPSA) is 62.5 Å². The van der Waals surface area contributed by atoms with Crippen LogP contribution >= 0.6 is 11.6 Å². The standard InChI is InChI=1S/C19H15ClN2O2/c1-19(2)22-16(15-9-14(20)7-8-18(15)24-19)10-17(23)13-5-3-12(11-21)4-6-13/h3-9H,10H2,1-2H3. The monoisotopic (exact) mass is 338 g/mol. The molecule has 5 heteroatoms. The first-order valence-electron chi connectivity index (χ1n) is 7.49. The van der Waals surface area contributed by atoms with E-state index >= 15 is 0 Å². The van der Waals surface area contributed by atoms with Gasteiger partial charge in [-0.25, -0.2) is 4.99 Å². The van der Waals surface area contributed by atoms with Gasteiger partial charge in [0.15, 0.2) is 11.5 Å². The predicted octanol–water partition coefficient (Wildman–Crippen LogP) is 4.40. The smallest absolute Gasteiger partial charge is 0.194 e. The second-order valence-corrected chi connectivity index (χ2v) is 6.47. The summed E-state index contributed by atoms with van der Waals surface area (Å²) in [5.41, 5.74) is 1.72. The lowest BCUT2D eigenvalue weighted by Crippen LogP contribution is -2.32. The fraction of sp³-hybridized carbons (Fsp3) is 0.211. The highest BCUT2D eigenvalue weighted by molar-refractivity contribution is 6.31. The Labute approximate surface area is 145 Å². The van der Waals surface area contributed by atoms with Crippen molar-refractivity contribution in [2.75, 3.05) is 0 Å². The molecule has 0 spiro atoms. The van der Waals surface area contributed by atoms with Gasteiger partial charge in [0.2, 0.25) is 0 Å².